The molecule has 4 aromatic carbocycles. The van der Waals surface area contributed by atoms with Crippen molar-refractivity contribution in [2.45, 2.75) is 17.5 Å². The summed E-state index contributed by atoms with van der Waals surface area (Å²) in [4.78, 5) is 46.3. The number of methoxy groups -OCH3 is 1. The van der Waals surface area contributed by atoms with E-state index in [1.165, 1.54) is 0 Å². The van der Waals surface area contributed by atoms with Crippen LogP contribution in [0.1, 0.15) is 43.4 Å². The molecule has 7 heteroatoms. The van der Waals surface area contributed by atoms with Gasteiger partial charge in [0.15, 0.2) is 11.6 Å². The zero-order valence-electron chi connectivity index (χ0n) is 24.1. The first-order valence-electron chi connectivity index (χ1n) is 14.5. The fraction of sp³-hybridized carbons (Fsp3) is 0.162. The topological polar surface area (TPSA) is 84.9 Å². The summed E-state index contributed by atoms with van der Waals surface area (Å²) in [5.41, 5.74) is 2.49. The number of Topliss-reactive ketones (excluding diaryl/α,β-unsaturated/α-hetero) is 2. The molecule has 7 nitrogen and oxygen atoms in total. The van der Waals surface area contributed by atoms with E-state index >= 15 is 4.79 Å². The van der Waals surface area contributed by atoms with E-state index in [9.17, 15) is 9.59 Å². The number of carbonyl (C=O) groups excluding carboxylic acids is 3. The van der Waals surface area contributed by atoms with Crippen molar-refractivity contribution in [2.24, 2.45) is 5.92 Å². The third-order valence-corrected chi connectivity index (χ3v) is 8.96. The van der Waals surface area contributed by atoms with Crippen molar-refractivity contribution in [3.63, 3.8) is 0 Å². The number of ketones is 2. The van der Waals surface area contributed by atoms with E-state index in [0.717, 1.165) is 11.1 Å². The molecule has 1 N–H and O–H groups in total. The lowest BCUT2D eigenvalue weighted by atomic mass is 9.62. The predicted octanol–water partition coefficient (Wildman–Crippen LogP) is 6.24. The lowest BCUT2D eigenvalue weighted by Crippen LogP contribution is -2.49. The van der Waals surface area contributed by atoms with Crippen LogP contribution >= 0.6 is 0 Å². The van der Waals surface area contributed by atoms with Crippen molar-refractivity contribution in [1.82, 2.24) is 4.90 Å². The van der Waals surface area contributed by atoms with Gasteiger partial charge in [0.2, 0.25) is 5.91 Å². The summed E-state index contributed by atoms with van der Waals surface area (Å²) in [6.45, 7) is 3.98. The van der Waals surface area contributed by atoms with Crippen LogP contribution in [0.15, 0.2) is 116 Å². The number of anilines is 1. The SMILES string of the molecule is C=CCOc1cccc(C(=O)[C@@H]2[C@H](C(=O)c3cccc(OC)c3)N3C=Cc4ccccc4[C@@H]3[C@@]23C(=O)Nc2ccccc23)c1. The van der Waals surface area contributed by atoms with Crippen molar-refractivity contribution in [3.8, 4) is 11.5 Å². The number of hydrogen-bond donors (Lipinski definition) is 1. The highest BCUT2D eigenvalue weighted by Gasteiger charge is 2.70. The maximum Gasteiger partial charge on any atom is 0.238 e. The molecule has 0 bridgehead atoms. The second-order valence-electron chi connectivity index (χ2n) is 11.2. The van der Waals surface area contributed by atoms with Crippen LogP contribution in [0.5, 0.6) is 11.5 Å². The Morgan fingerprint density at radius 3 is 2.41 bits per heavy atom. The largest absolute Gasteiger partial charge is 0.497 e. The van der Waals surface area contributed by atoms with E-state index in [4.69, 9.17) is 9.47 Å². The van der Waals surface area contributed by atoms with E-state index in [-0.39, 0.29) is 24.1 Å². The summed E-state index contributed by atoms with van der Waals surface area (Å²) in [5.74, 6) is -0.958. The molecular formula is C37H30N2O5. The summed E-state index contributed by atoms with van der Waals surface area (Å²) < 4.78 is 11.2. The average molecular weight is 583 g/mol. The van der Waals surface area contributed by atoms with Gasteiger partial charge in [0.05, 0.1) is 19.1 Å². The molecule has 1 fully saturated rings. The van der Waals surface area contributed by atoms with Crippen molar-refractivity contribution >= 4 is 29.2 Å². The molecule has 4 atom stereocenters. The molecule has 0 aromatic heterocycles. The fourth-order valence-electron chi connectivity index (χ4n) is 7.19. The van der Waals surface area contributed by atoms with Gasteiger partial charge in [-0.1, -0.05) is 79.4 Å². The standard InChI is InChI=1S/C37H30N2O5/c1-3-20-44-27-14-9-11-24(22-27)33(40)31-32(34(41)25-12-8-13-26(21-25)43-2)39-19-18-23-10-4-5-15-28(23)35(39)37(31)29-16-6-7-17-30(29)38-36(37)42/h3-19,21-22,31-32,35H,1,20H2,2H3,(H,38,42)/t31-,32+,35+,37-/m0/s1. The third kappa shape index (κ3) is 4.00. The number of nitrogens with one attached hydrogen (secondary N) is 1. The highest BCUT2D eigenvalue weighted by atomic mass is 16.5. The van der Waals surface area contributed by atoms with Gasteiger partial charge >= 0.3 is 0 Å². The molecule has 44 heavy (non-hydrogen) atoms. The Morgan fingerprint density at radius 1 is 0.909 bits per heavy atom. The first-order valence-corrected chi connectivity index (χ1v) is 14.5. The van der Waals surface area contributed by atoms with Crippen molar-refractivity contribution < 1.29 is 23.9 Å². The number of rotatable bonds is 8. The van der Waals surface area contributed by atoms with E-state index in [2.05, 4.69) is 11.9 Å². The molecule has 0 unspecified atom stereocenters. The molecule has 218 valence electrons. The number of para-hydroxylation sites is 1. The molecule has 1 amide bonds. The lowest BCUT2D eigenvalue weighted by molar-refractivity contribution is -0.122. The number of benzene rings is 4. The predicted molar refractivity (Wildman–Crippen MR) is 168 cm³/mol. The van der Waals surface area contributed by atoms with Gasteiger partial charge in [-0.3, -0.25) is 14.4 Å². The van der Waals surface area contributed by atoms with Crippen LogP contribution in [0.2, 0.25) is 0 Å². The molecule has 4 aromatic rings. The molecule has 1 saturated heterocycles. The second kappa shape index (κ2) is 10.7. The Morgan fingerprint density at radius 2 is 1.61 bits per heavy atom. The van der Waals surface area contributed by atoms with Gasteiger partial charge in [-0.2, -0.15) is 0 Å². The first-order chi connectivity index (χ1) is 21.5. The van der Waals surface area contributed by atoms with Gasteiger partial charge in [-0.15, -0.1) is 0 Å². The normalized spacial score (nSPS) is 22.5. The van der Waals surface area contributed by atoms with Crippen LogP contribution < -0.4 is 14.8 Å². The Balaban J connectivity index is 1.50. The highest BCUT2D eigenvalue weighted by Crippen LogP contribution is 2.62. The molecule has 1 spiro atoms. The monoisotopic (exact) mass is 582 g/mol. The molecule has 7 rings (SSSR count). The summed E-state index contributed by atoms with van der Waals surface area (Å²) in [5, 5.41) is 3.08. The van der Waals surface area contributed by atoms with E-state index in [1.807, 2.05) is 65.7 Å². The maximum atomic E-state index is 15.0. The van der Waals surface area contributed by atoms with Crippen LogP contribution in [0.3, 0.4) is 0 Å². The number of hydrogen-bond acceptors (Lipinski definition) is 6. The average Bonchev–Trinajstić information content (AvgIpc) is 3.55. The number of ether oxygens (including phenoxy) is 2. The van der Waals surface area contributed by atoms with E-state index in [0.29, 0.717) is 33.9 Å². The van der Waals surface area contributed by atoms with Gasteiger partial charge in [-0.05, 0) is 53.1 Å². The summed E-state index contributed by atoms with van der Waals surface area (Å²) in [6.07, 6.45) is 5.44. The Bertz CT molecular complexity index is 1860. The number of carbonyl (C=O) groups is 3. The fourth-order valence-corrected chi connectivity index (χ4v) is 7.19. The van der Waals surface area contributed by atoms with Crippen LogP contribution in [0.4, 0.5) is 5.69 Å². The maximum absolute atomic E-state index is 15.0. The molecule has 3 aliphatic heterocycles. The first kappa shape index (κ1) is 27.4. The molecule has 3 heterocycles. The van der Waals surface area contributed by atoms with Gasteiger partial charge in [0, 0.05) is 23.0 Å². The summed E-state index contributed by atoms with van der Waals surface area (Å²) in [7, 11) is 1.54. The third-order valence-electron chi connectivity index (χ3n) is 8.96. The zero-order valence-corrected chi connectivity index (χ0v) is 24.1. The minimum absolute atomic E-state index is 0.273. The number of amides is 1. The lowest BCUT2D eigenvalue weighted by Gasteiger charge is -2.38. The molecule has 0 radical (unpaired) electrons. The van der Waals surface area contributed by atoms with Crippen LogP contribution in [0.25, 0.3) is 6.08 Å². The van der Waals surface area contributed by atoms with Gasteiger partial charge in [0.25, 0.3) is 0 Å². The quantitative estimate of drug-likeness (QED) is 0.196. The van der Waals surface area contributed by atoms with E-state index < -0.39 is 23.4 Å². The Kier molecular flexibility index (Phi) is 6.66. The van der Waals surface area contributed by atoms with E-state index in [1.54, 1.807) is 61.7 Å². The molecule has 3 aliphatic rings. The summed E-state index contributed by atoms with van der Waals surface area (Å²) >= 11 is 0. The van der Waals surface area contributed by atoms with Crippen molar-refractivity contribution in [2.75, 3.05) is 19.0 Å². The number of nitrogens with zero attached hydrogens (tertiary/aromatic N) is 1. The van der Waals surface area contributed by atoms with Gasteiger partial charge in [-0.25, -0.2) is 0 Å². The minimum Gasteiger partial charge on any atom is -0.497 e. The van der Waals surface area contributed by atoms with Gasteiger partial charge in [0.1, 0.15) is 29.6 Å². The Hall–Kier alpha value is -5.43. The van der Waals surface area contributed by atoms with Crippen LogP contribution in [0, 0.1) is 5.92 Å². The zero-order chi connectivity index (χ0) is 30.4. The van der Waals surface area contributed by atoms with Crippen LogP contribution in [-0.2, 0) is 10.2 Å². The van der Waals surface area contributed by atoms with Gasteiger partial charge < -0.3 is 19.7 Å². The Labute approximate surface area is 255 Å². The number of fused-ring (bicyclic) bond motifs is 6. The highest BCUT2D eigenvalue weighted by molar-refractivity contribution is 6.16. The molecular weight excluding hydrogens is 552 g/mol. The molecule has 0 aliphatic carbocycles. The smallest absolute Gasteiger partial charge is 0.238 e. The van der Waals surface area contributed by atoms with Crippen molar-refractivity contribution in [3.05, 3.63) is 144 Å². The summed E-state index contributed by atoms with van der Waals surface area (Å²) in [6, 6.07) is 27.5. The van der Waals surface area contributed by atoms with Crippen LogP contribution in [-0.4, -0.2) is 42.1 Å². The minimum atomic E-state index is -1.41. The molecule has 0 saturated carbocycles. The second-order valence-corrected chi connectivity index (χ2v) is 11.2. The van der Waals surface area contributed by atoms with Crippen molar-refractivity contribution in [1.29, 1.82) is 0 Å².